The molecular weight excluding hydrogens is 256 g/mol. The Balaban J connectivity index is 3.64. The molecule has 20 heavy (non-hydrogen) atoms. The molecule has 0 unspecified atom stereocenters. The van der Waals surface area contributed by atoms with Crippen LogP contribution in [0, 0.1) is 0 Å². The molecule has 0 aliphatic heterocycles. The molecule has 0 rings (SSSR count). The zero-order chi connectivity index (χ0) is 15.4. The quantitative estimate of drug-likeness (QED) is 0.426. The van der Waals surface area contributed by atoms with E-state index in [0.29, 0.717) is 13.1 Å². The summed E-state index contributed by atoms with van der Waals surface area (Å²) < 4.78 is 0. The third kappa shape index (κ3) is 13.0. The van der Waals surface area contributed by atoms with Crippen molar-refractivity contribution in [3.8, 4) is 0 Å². The summed E-state index contributed by atoms with van der Waals surface area (Å²) in [5.41, 5.74) is 0. The first kappa shape index (κ1) is 18.6. The van der Waals surface area contributed by atoms with Gasteiger partial charge in [-0.05, 0) is 54.1 Å². The van der Waals surface area contributed by atoms with E-state index in [1.165, 1.54) is 12.2 Å². The Kier molecular flexibility index (Phi) is 10.6. The summed E-state index contributed by atoms with van der Waals surface area (Å²) in [4.78, 5) is 26.9. The average Bonchev–Trinajstić information content (AvgIpc) is 2.37. The zero-order valence-corrected chi connectivity index (χ0v) is 13.1. The second-order valence-corrected chi connectivity index (χ2v) is 5.23. The van der Waals surface area contributed by atoms with E-state index in [1.807, 2.05) is 28.2 Å². The molecule has 0 aromatic carbocycles. The highest BCUT2D eigenvalue weighted by atomic mass is 16.2. The first-order chi connectivity index (χ1) is 9.41. The maximum Gasteiger partial charge on any atom is 0.244 e. The second-order valence-electron chi connectivity index (χ2n) is 5.23. The summed E-state index contributed by atoms with van der Waals surface area (Å²) >= 11 is 0. The highest BCUT2D eigenvalue weighted by Crippen LogP contribution is 1.83. The third-order valence-electron chi connectivity index (χ3n) is 2.55. The molecule has 2 amide bonds. The van der Waals surface area contributed by atoms with Crippen molar-refractivity contribution in [2.24, 2.45) is 0 Å². The summed E-state index contributed by atoms with van der Waals surface area (Å²) in [7, 11) is 7.95. The topological polar surface area (TPSA) is 64.7 Å². The van der Waals surface area contributed by atoms with Gasteiger partial charge in [-0.1, -0.05) is 0 Å². The van der Waals surface area contributed by atoms with Gasteiger partial charge in [0.2, 0.25) is 11.8 Å². The number of carbonyl (C=O) groups is 2. The van der Waals surface area contributed by atoms with Crippen LogP contribution in [0.25, 0.3) is 0 Å². The molecule has 0 fully saturated rings. The molecule has 6 heteroatoms. The number of nitrogens with one attached hydrogen (secondary N) is 2. The van der Waals surface area contributed by atoms with Crippen molar-refractivity contribution in [3.05, 3.63) is 12.2 Å². The molecule has 0 heterocycles. The Morgan fingerprint density at radius 3 is 1.45 bits per heavy atom. The van der Waals surface area contributed by atoms with E-state index >= 15 is 0 Å². The Morgan fingerprint density at radius 1 is 0.800 bits per heavy atom. The van der Waals surface area contributed by atoms with Crippen molar-refractivity contribution in [1.82, 2.24) is 20.4 Å². The summed E-state index contributed by atoms with van der Waals surface area (Å²) in [5, 5.41) is 5.47. The van der Waals surface area contributed by atoms with Gasteiger partial charge in [0.25, 0.3) is 0 Å². The van der Waals surface area contributed by atoms with Crippen LogP contribution in [-0.4, -0.2) is 76.0 Å². The van der Waals surface area contributed by atoms with Crippen LogP contribution in [0.5, 0.6) is 0 Å². The van der Waals surface area contributed by atoms with Gasteiger partial charge in [-0.15, -0.1) is 0 Å². The fourth-order valence-electron chi connectivity index (χ4n) is 1.48. The minimum absolute atomic E-state index is 0.229. The van der Waals surface area contributed by atoms with Crippen LogP contribution in [0.15, 0.2) is 12.2 Å². The highest BCUT2D eigenvalue weighted by Gasteiger charge is 1.99. The summed E-state index contributed by atoms with van der Waals surface area (Å²) in [5.74, 6) is -0.459. The molecule has 0 aliphatic carbocycles. The first-order valence-electron chi connectivity index (χ1n) is 6.95. The Labute approximate surface area is 122 Å². The number of carbonyl (C=O) groups excluding carboxylic acids is 2. The molecular formula is C14H28N4O2. The smallest absolute Gasteiger partial charge is 0.244 e. The molecule has 0 aromatic heterocycles. The number of hydrogen-bond donors (Lipinski definition) is 2. The van der Waals surface area contributed by atoms with Gasteiger partial charge in [0.15, 0.2) is 0 Å². The fourth-order valence-corrected chi connectivity index (χ4v) is 1.48. The lowest BCUT2D eigenvalue weighted by atomic mass is 10.3. The molecule has 0 saturated heterocycles. The van der Waals surface area contributed by atoms with Crippen LogP contribution in [-0.2, 0) is 9.59 Å². The lowest BCUT2D eigenvalue weighted by Crippen LogP contribution is -2.27. The van der Waals surface area contributed by atoms with Gasteiger partial charge < -0.3 is 20.4 Å². The SMILES string of the molecule is CN(C)CCCNC(=O)C=CC(=O)NCCCN(C)C. The monoisotopic (exact) mass is 284 g/mol. The van der Waals surface area contributed by atoms with Crippen LogP contribution in [0.4, 0.5) is 0 Å². The maximum atomic E-state index is 11.4. The molecule has 0 bridgehead atoms. The lowest BCUT2D eigenvalue weighted by molar-refractivity contribution is -0.118. The van der Waals surface area contributed by atoms with E-state index in [2.05, 4.69) is 20.4 Å². The van der Waals surface area contributed by atoms with Crippen molar-refractivity contribution in [2.75, 3.05) is 54.4 Å². The summed E-state index contributed by atoms with van der Waals surface area (Å²) in [6, 6.07) is 0. The van der Waals surface area contributed by atoms with Crippen LogP contribution < -0.4 is 10.6 Å². The normalized spacial score (nSPS) is 11.3. The van der Waals surface area contributed by atoms with Crippen molar-refractivity contribution in [3.63, 3.8) is 0 Å². The first-order valence-corrected chi connectivity index (χ1v) is 6.95. The van der Waals surface area contributed by atoms with Crippen molar-refractivity contribution < 1.29 is 9.59 Å². The molecule has 6 nitrogen and oxygen atoms in total. The largest absolute Gasteiger partial charge is 0.353 e. The Hall–Kier alpha value is -1.40. The molecule has 0 saturated carbocycles. The summed E-state index contributed by atoms with van der Waals surface area (Å²) in [6.45, 7) is 3.09. The summed E-state index contributed by atoms with van der Waals surface area (Å²) in [6.07, 6.45) is 4.33. The standard InChI is InChI=1S/C14H28N4O2/c1-17(2)11-5-9-15-13(19)7-8-14(20)16-10-6-12-18(3)4/h7-8H,5-6,9-12H2,1-4H3,(H,15,19)(H,16,20). The van der Waals surface area contributed by atoms with E-state index in [0.717, 1.165) is 25.9 Å². The molecule has 116 valence electrons. The minimum Gasteiger partial charge on any atom is -0.353 e. The van der Waals surface area contributed by atoms with Gasteiger partial charge in [0, 0.05) is 25.2 Å². The number of hydrogen-bond acceptors (Lipinski definition) is 4. The van der Waals surface area contributed by atoms with E-state index in [-0.39, 0.29) is 11.8 Å². The van der Waals surface area contributed by atoms with Crippen LogP contribution >= 0.6 is 0 Å². The van der Waals surface area contributed by atoms with Crippen molar-refractivity contribution in [2.45, 2.75) is 12.8 Å². The minimum atomic E-state index is -0.229. The lowest BCUT2D eigenvalue weighted by Gasteiger charge is -2.09. The highest BCUT2D eigenvalue weighted by molar-refractivity contribution is 5.96. The predicted molar refractivity (Wildman–Crippen MR) is 81.5 cm³/mol. The van der Waals surface area contributed by atoms with Gasteiger partial charge in [-0.2, -0.15) is 0 Å². The third-order valence-corrected chi connectivity index (χ3v) is 2.55. The van der Waals surface area contributed by atoms with E-state index in [9.17, 15) is 9.59 Å². The molecule has 0 atom stereocenters. The zero-order valence-electron chi connectivity index (χ0n) is 13.1. The number of rotatable bonds is 10. The van der Waals surface area contributed by atoms with Crippen LogP contribution in [0.1, 0.15) is 12.8 Å². The molecule has 0 radical (unpaired) electrons. The average molecular weight is 284 g/mol. The fraction of sp³-hybridized carbons (Fsp3) is 0.714. The van der Waals surface area contributed by atoms with Crippen LogP contribution in [0.2, 0.25) is 0 Å². The number of amides is 2. The van der Waals surface area contributed by atoms with E-state index in [4.69, 9.17) is 0 Å². The van der Waals surface area contributed by atoms with Gasteiger partial charge in [0.05, 0.1) is 0 Å². The Bertz CT molecular complexity index is 284. The van der Waals surface area contributed by atoms with E-state index < -0.39 is 0 Å². The van der Waals surface area contributed by atoms with Gasteiger partial charge in [-0.25, -0.2) is 0 Å². The van der Waals surface area contributed by atoms with Gasteiger partial charge in [-0.3, -0.25) is 9.59 Å². The second kappa shape index (κ2) is 11.4. The van der Waals surface area contributed by atoms with E-state index in [1.54, 1.807) is 0 Å². The molecule has 0 aliphatic rings. The molecule has 0 aromatic rings. The Morgan fingerprint density at radius 2 is 1.15 bits per heavy atom. The molecule has 0 spiro atoms. The van der Waals surface area contributed by atoms with Crippen molar-refractivity contribution in [1.29, 1.82) is 0 Å². The van der Waals surface area contributed by atoms with Gasteiger partial charge >= 0.3 is 0 Å². The molecule has 2 N–H and O–H groups in total. The number of nitrogens with zero attached hydrogens (tertiary/aromatic N) is 2. The van der Waals surface area contributed by atoms with Crippen LogP contribution in [0.3, 0.4) is 0 Å². The van der Waals surface area contributed by atoms with Crippen molar-refractivity contribution >= 4 is 11.8 Å². The predicted octanol–water partition coefficient (Wildman–Crippen LogP) is -0.322. The van der Waals surface area contributed by atoms with Gasteiger partial charge in [0.1, 0.15) is 0 Å². The maximum absolute atomic E-state index is 11.4.